The molecule has 2 N–H and O–H groups in total. The molecule has 2 aliphatic heterocycles. The second kappa shape index (κ2) is 2.48. The molecule has 3 saturated carbocycles. The first-order chi connectivity index (χ1) is 7.44. The quantitative estimate of drug-likeness (QED) is 0.630. The molecule has 0 aromatic heterocycles. The van der Waals surface area contributed by atoms with E-state index in [4.69, 9.17) is 9.47 Å². The maximum absolute atomic E-state index is 10.4. The van der Waals surface area contributed by atoms with E-state index >= 15 is 0 Å². The summed E-state index contributed by atoms with van der Waals surface area (Å²) in [5.41, 5.74) is 0. The lowest BCUT2D eigenvalue weighted by molar-refractivity contribution is -0.326. The second-order valence-electron chi connectivity index (χ2n) is 6.20. The van der Waals surface area contributed by atoms with E-state index in [-0.39, 0.29) is 23.9 Å². The number of aliphatic hydroxyl groups excluding tert-OH is 1. The van der Waals surface area contributed by atoms with Gasteiger partial charge in [-0.05, 0) is 38.5 Å². The second-order valence-corrected chi connectivity index (χ2v) is 6.20. The highest BCUT2D eigenvalue weighted by Crippen LogP contribution is 2.67. The molecule has 2 saturated heterocycles. The molecule has 5 aliphatic rings. The van der Waals surface area contributed by atoms with Crippen molar-refractivity contribution >= 4 is 0 Å². The summed E-state index contributed by atoms with van der Waals surface area (Å²) >= 11 is 0. The van der Waals surface area contributed by atoms with Crippen molar-refractivity contribution in [3.63, 3.8) is 0 Å². The van der Waals surface area contributed by atoms with Crippen LogP contribution < -0.4 is 0 Å². The van der Waals surface area contributed by atoms with Crippen molar-refractivity contribution in [3.05, 3.63) is 0 Å². The van der Waals surface area contributed by atoms with Gasteiger partial charge in [0.05, 0.1) is 12.2 Å². The van der Waals surface area contributed by atoms with Crippen LogP contribution in [0, 0.1) is 23.7 Å². The van der Waals surface area contributed by atoms with Crippen LogP contribution in [0.3, 0.4) is 0 Å². The van der Waals surface area contributed by atoms with Crippen LogP contribution in [0.2, 0.25) is 0 Å². The van der Waals surface area contributed by atoms with Crippen molar-refractivity contribution in [2.24, 2.45) is 23.7 Å². The third-order valence-corrected chi connectivity index (χ3v) is 5.34. The predicted molar refractivity (Wildman–Crippen MR) is 54.2 cm³/mol. The molecule has 0 spiro atoms. The van der Waals surface area contributed by atoms with E-state index in [0.29, 0.717) is 5.92 Å². The molecular weight excluding hydrogens is 208 g/mol. The minimum atomic E-state index is -1.14. The van der Waals surface area contributed by atoms with Crippen molar-refractivity contribution in [2.75, 3.05) is 0 Å². The molecule has 5 fully saturated rings. The van der Waals surface area contributed by atoms with E-state index in [1.54, 1.807) is 6.92 Å². The Kier molecular flexibility index (Phi) is 1.52. The predicted octanol–water partition coefficient (Wildman–Crippen LogP) is 0.473. The molecule has 0 aromatic rings. The Morgan fingerprint density at radius 1 is 1.12 bits per heavy atom. The Balaban J connectivity index is 1.89. The summed E-state index contributed by atoms with van der Waals surface area (Å²) < 4.78 is 11.7. The minimum Gasteiger partial charge on any atom is -0.390 e. The van der Waals surface area contributed by atoms with Crippen molar-refractivity contribution < 1.29 is 19.7 Å². The largest absolute Gasteiger partial charge is 0.390 e. The van der Waals surface area contributed by atoms with Crippen LogP contribution >= 0.6 is 0 Å². The van der Waals surface area contributed by atoms with E-state index in [2.05, 4.69) is 0 Å². The fourth-order valence-corrected chi connectivity index (χ4v) is 5.05. The SMILES string of the molecule is C[C@@]12O[C@@H]3[C@@H](O)[C@H]4CC[C@@H]3[C@@H]1[C@H]4[C@@](C)(O)O2. The van der Waals surface area contributed by atoms with Crippen molar-refractivity contribution in [1.82, 2.24) is 0 Å². The fourth-order valence-electron chi connectivity index (χ4n) is 5.05. The molecule has 5 rings (SSSR count). The number of hydrogen-bond donors (Lipinski definition) is 2. The zero-order valence-electron chi connectivity index (χ0n) is 9.59. The maximum Gasteiger partial charge on any atom is 0.173 e. The molecule has 2 heterocycles. The van der Waals surface area contributed by atoms with Crippen LogP contribution in [0.15, 0.2) is 0 Å². The van der Waals surface area contributed by atoms with Crippen molar-refractivity contribution in [1.29, 1.82) is 0 Å². The van der Waals surface area contributed by atoms with E-state index in [1.807, 2.05) is 6.92 Å². The van der Waals surface area contributed by atoms with Gasteiger partial charge >= 0.3 is 0 Å². The van der Waals surface area contributed by atoms with Gasteiger partial charge in [0.1, 0.15) is 0 Å². The molecule has 4 heteroatoms. The molecular formula is C12H18O4. The van der Waals surface area contributed by atoms with Crippen molar-refractivity contribution in [3.8, 4) is 0 Å². The van der Waals surface area contributed by atoms with Gasteiger partial charge in [-0.1, -0.05) is 0 Å². The zero-order valence-corrected chi connectivity index (χ0v) is 9.59. The number of fused-ring (bicyclic) bond motifs is 1. The summed E-state index contributed by atoms with van der Waals surface area (Å²) in [5.74, 6) is -1.03. The van der Waals surface area contributed by atoms with Crippen LogP contribution in [0.4, 0.5) is 0 Å². The van der Waals surface area contributed by atoms with Gasteiger partial charge in [0.25, 0.3) is 0 Å². The summed E-state index contributed by atoms with van der Waals surface area (Å²) in [6, 6.07) is 0. The van der Waals surface area contributed by atoms with E-state index in [0.717, 1.165) is 12.8 Å². The zero-order chi connectivity index (χ0) is 11.3. The molecule has 0 amide bonds. The normalized spacial score (nSPS) is 71.2. The molecule has 8 atom stereocenters. The van der Waals surface area contributed by atoms with E-state index in [1.165, 1.54) is 0 Å². The summed E-state index contributed by atoms with van der Waals surface area (Å²) in [7, 11) is 0. The summed E-state index contributed by atoms with van der Waals surface area (Å²) in [5, 5.41) is 20.6. The van der Waals surface area contributed by atoms with Gasteiger partial charge in [0.15, 0.2) is 11.6 Å². The molecule has 4 bridgehead atoms. The average molecular weight is 226 g/mol. The van der Waals surface area contributed by atoms with Gasteiger partial charge in [-0.25, -0.2) is 0 Å². The summed E-state index contributed by atoms with van der Waals surface area (Å²) in [6.45, 7) is 3.63. The lowest BCUT2D eigenvalue weighted by atomic mass is 9.55. The molecule has 4 nitrogen and oxygen atoms in total. The van der Waals surface area contributed by atoms with Crippen LogP contribution in [0.5, 0.6) is 0 Å². The number of ether oxygens (including phenoxy) is 2. The molecule has 0 radical (unpaired) electrons. The maximum atomic E-state index is 10.4. The van der Waals surface area contributed by atoms with Gasteiger partial charge in [-0.3, -0.25) is 0 Å². The average Bonchev–Trinajstić information content (AvgIpc) is 2.56. The first-order valence-corrected chi connectivity index (χ1v) is 6.22. The van der Waals surface area contributed by atoms with Gasteiger partial charge in [0.2, 0.25) is 0 Å². The highest BCUT2D eigenvalue weighted by Gasteiger charge is 2.75. The fraction of sp³-hybridized carbons (Fsp3) is 1.00. The van der Waals surface area contributed by atoms with Crippen LogP contribution in [-0.2, 0) is 9.47 Å². The number of hydrogen-bond acceptors (Lipinski definition) is 4. The standard InChI is InChI=1S/C12H18O4/c1-11(14)7-5-3-4-6-8(7)12(2,16-11)15-10(6)9(5)13/h5-10,13-14H,3-4H2,1-2H3/t5-,6+,7-,8+,9-,10-,11-,12-/m0/s1. The molecule has 90 valence electrons. The molecule has 16 heavy (non-hydrogen) atoms. The molecule has 3 aliphatic carbocycles. The highest BCUT2D eigenvalue weighted by atomic mass is 16.8. The number of aliphatic hydroxyl groups is 2. The minimum absolute atomic E-state index is 0.0324. The van der Waals surface area contributed by atoms with Gasteiger partial charge in [0, 0.05) is 11.8 Å². The lowest BCUT2D eigenvalue weighted by Crippen LogP contribution is -2.57. The van der Waals surface area contributed by atoms with Gasteiger partial charge < -0.3 is 19.7 Å². The summed E-state index contributed by atoms with van der Waals surface area (Å²) in [4.78, 5) is 0. The van der Waals surface area contributed by atoms with Crippen molar-refractivity contribution in [2.45, 2.75) is 50.5 Å². The van der Waals surface area contributed by atoms with Crippen LogP contribution in [-0.4, -0.2) is 34.0 Å². The monoisotopic (exact) mass is 226 g/mol. The summed E-state index contributed by atoms with van der Waals surface area (Å²) in [6.07, 6.45) is 1.60. The van der Waals surface area contributed by atoms with E-state index in [9.17, 15) is 10.2 Å². The Morgan fingerprint density at radius 3 is 2.56 bits per heavy atom. The first-order valence-electron chi connectivity index (χ1n) is 6.22. The van der Waals surface area contributed by atoms with Gasteiger partial charge in [-0.15, -0.1) is 0 Å². The third kappa shape index (κ3) is 0.849. The van der Waals surface area contributed by atoms with E-state index < -0.39 is 17.7 Å². The first kappa shape index (κ1) is 9.83. The van der Waals surface area contributed by atoms with Crippen LogP contribution in [0.25, 0.3) is 0 Å². The third-order valence-electron chi connectivity index (χ3n) is 5.34. The Bertz CT molecular complexity index is 355. The Morgan fingerprint density at radius 2 is 1.81 bits per heavy atom. The Hall–Kier alpha value is -0.160. The topological polar surface area (TPSA) is 58.9 Å². The van der Waals surface area contributed by atoms with Gasteiger partial charge in [-0.2, -0.15) is 0 Å². The molecule has 0 aromatic carbocycles. The Labute approximate surface area is 94.5 Å². The van der Waals surface area contributed by atoms with Crippen LogP contribution in [0.1, 0.15) is 26.7 Å². The lowest BCUT2D eigenvalue weighted by Gasteiger charge is -2.50. The molecule has 0 unspecified atom stereocenters. The smallest absolute Gasteiger partial charge is 0.173 e. The number of rotatable bonds is 0. The highest BCUT2D eigenvalue weighted by molar-refractivity contribution is 5.16.